The van der Waals surface area contributed by atoms with Crippen LogP contribution in [0.1, 0.15) is 0 Å². The summed E-state index contributed by atoms with van der Waals surface area (Å²) in [5, 5.41) is 2.49. The van der Waals surface area contributed by atoms with E-state index in [1.807, 2.05) is 0 Å². The maximum Gasteiger partial charge on any atom is 0.0618 e. The van der Waals surface area contributed by atoms with Gasteiger partial charge in [0, 0.05) is 26.4 Å². The number of nitrogens with zero attached hydrogens (tertiary/aromatic N) is 1. The van der Waals surface area contributed by atoms with Gasteiger partial charge in [0.15, 0.2) is 0 Å². The van der Waals surface area contributed by atoms with Crippen LogP contribution in [0.4, 0.5) is 0 Å². The lowest BCUT2D eigenvalue weighted by atomic mass is 9.93. The first-order valence-electron chi connectivity index (χ1n) is 14.9. The van der Waals surface area contributed by atoms with Gasteiger partial charge in [-0.3, -0.25) is 0 Å². The van der Waals surface area contributed by atoms with E-state index >= 15 is 0 Å². The summed E-state index contributed by atoms with van der Waals surface area (Å²) in [7, 11) is 0. The number of hydrogen-bond donors (Lipinski definition) is 0. The molecule has 1 heterocycles. The zero-order valence-corrected chi connectivity index (χ0v) is 25.6. The van der Waals surface area contributed by atoms with Crippen LogP contribution >= 0.6 is 15.9 Å². The molecule has 0 unspecified atom stereocenters. The Hall–Kier alpha value is -5.18. The first-order valence-corrected chi connectivity index (χ1v) is 15.7. The molecule has 0 saturated heterocycles. The number of rotatable bonds is 5. The fourth-order valence-corrected chi connectivity index (χ4v) is 7.01. The summed E-state index contributed by atoms with van der Waals surface area (Å²) in [6.07, 6.45) is 0. The van der Waals surface area contributed by atoms with Crippen LogP contribution in [-0.2, 0) is 0 Å². The van der Waals surface area contributed by atoms with Gasteiger partial charge in [-0.15, -0.1) is 0 Å². The van der Waals surface area contributed by atoms with Crippen LogP contribution in [0.25, 0.3) is 72.0 Å². The number of para-hydroxylation sites is 2. The largest absolute Gasteiger partial charge is 0.308 e. The molecule has 44 heavy (non-hydrogen) atoms. The summed E-state index contributed by atoms with van der Waals surface area (Å²) in [5.41, 5.74) is 13.1. The van der Waals surface area contributed by atoms with E-state index in [-0.39, 0.29) is 0 Å². The summed E-state index contributed by atoms with van der Waals surface area (Å²) in [4.78, 5) is 0. The molecule has 8 aromatic rings. The number of benzene rings is 7. The molecule has 7 aromatic carbocycles. The van der Waals surface area contributed by atoms with E-state index in [2.05, 4.69) is 190 Å². The van der Waals surface area contributed by atoms with Crippen molar-refractivity contribution < 1.29 is 0 Å². The minimum absolute atomic E-state index is 1.09. The lowest BCUT2D eigenvalue weighted by Gasteiger charge is -2.19. The third kappa shape index (κ3) is 4.47. The Balaban J connectivity index is 1.47. The van der Waals surface area contributed by atoms with Crippen molar-refractivity contribution in [1.82, 2.24) is 4.57 Å². The maximum absolute atomic E-state index is 3.80. The molecule has 208 valence electrons. The van der Waals surface area contributed by atoms with Gasteiger partial charge in [0.1, 0.15) is 0 Å². The third-order valence-electron chi connectivity index (χ3n) is 8.51. The van der Waals surface area contributed by atoms with Gasteiger partial charge in [0.2, 0.25) is 0 Å². The Bertz CT molecular complexity index is 2220. The fourth-order valence-electron chi connectivity index (χ4n) is 6.51. The second-order valence-corrected chi connectivity index (χ2v) is 11.9. The molecule has 0 aliphatic carbocycles. The molecular weight excluding hydrogens is 598 g/mol. The molecule has 0 spiro atoms. The Morgan fingerprint density at radius 1 is 0.341 bits per heavy atom. The molecule has 0 radical (unpaired) electrons. The van der Waals surface area contributed by atoms with Crippen molar-refractivity contribution in [2.75, 3.05) is 0 Å². The zero-order chi connectivity index (χ0) is 29.5. The molecule has 2 heteroatoms. The van der Waals surface area contributed by atoms with E-state index in [1.165, 1.54) is 72.0 Å². The molecular formula is C42H28BrN. The van der Waals surface area contributed by atoms with Crippen molar-refractivity contribution >= 4 is 37.7 Å². The van der Waals surface area contributed by atoms with Gasteiger partial charge in [0.25, 0.3) is 0 Å². The minimum atomic E-state index is 1.09. The van der Waals surface area contributed by atoms with E-state index in [0.29, 0.717) is 0 Å². The fraction of sp³-hybridized carbons (Fsp3) is 0. The average molecular weight is 627 g/mol. The van der Waals surface area contributed by atoms with Gasteiger partial charge < -0.3 is 4.57 Å². The van der Waals surface area contributed by atoms with Crippen molar-refractivity contribution in [1.29, 1.82) is 0 Å². The van der Waals surface area contributed by atoms with Crippen LogP contribution in [0, 0.1) is 0 Å². The Kier molecular flexibility index (Phi) is 6.70. The van der Waals surface area contributed by atoms with Crippen molar-refractivity contribution in [3.63, 3.8) is 0 Å². The smallest absolute Gasteiger partial charge is 0.0618 e. The minimum Gasteiger partial charge on any atom is -0.308 e. The molecule has 0 aliphatic rings. The molecule has 0 atom stereocenters. The second-order valence-electron chi connectivity index (χ2n) is 11.0. The molecule has 0 bridgehead atoms. The van der Waals surface area contributed by atoms with Gasteiger partial charge in [-0.25, -0.2) is 0 Å². The topological polar surface area (TPSA) is 4.93 Å². The van der Waals surface area contributed by atoms with Gasteiger partial charge in [-0.1, -0.05) is 168 Å². The van der Waals surface area contributed by atoms with Gasteiger partial charge in [-0.05, 0) is 51.6 Å². The van der Waals surface area contributed by atoms with Crippen LogP contribution < -0.4 is 0 Å². The monoisotopic (exact) mass is 625 g/mol. The highest BCUT2D eigenvalue weighted by molar-refractivity contribution is 9.10. The summed E-state index contributed by atoms with van der Waals surface area (Å²) in [5.74, 6) is 0. The number of hydrogen-bond acceptors (Lipinski definition) is 0. The summed E-state index contributed by atoms with van der Waals surface area (Å²) < 4.78 is 3.58. The highest BCUT2D eigenvalue weighted by Gasteiger charge is 2.20. The average Bonchev–Trinajstić information content (AvgIpc) is 3.42. The Morgan fingerprint density at radius 2 is 0.864 bits per heavy atom. The molecule has 8 rings (SSSR count). The highest BCUT2D eigenvalue weighted by Crippen LogP contribution is 2.43. The standard InChI is InChI=1S/C42H28BrN/c43-39-24-11-9-20-36(39)35-19-8-7-18-32(35)31-26-27-38-37-21-10-12-25-40(37)44(41(38)28-31)42-33(29-14-3-1-4-15-29)22-13-23-34(42)30-16-5-2-6-17-30/h1-28H. The normalized spacial score (nSPS) is 11.3. The van der Waals surface area contributed by atoms with E-state index in [9.17, 15) is 0 Å². The number of aromatic nitrogens is 1. The van der Waals surface area contributed by atoms with Crippen molar-refractivity contribution in [3.05, 3.63) is 174 Å². The SMILES string of the molecule is Brc1ccccc1-c1ccccc1-c1ccc2c3ccccc3n(-c3c(-c4ccccc4)cccc3-c3ccccc3)c2c1. The molecule has 1 aromatic heterocycles. The van der Waals surface area contributed by atoms with Gasteiger partial charge >= 0.3 is 0 Å². The molecule has 0 saturated carbocycles. The van der Waals surface area contributed by atoms with Crippen LogP contribution in [0.3, 0.4) is 0 Å². The molecule has 0 amide bonds. The predicted molar refractivity (Wildman–Crippen MR) is 190 cm³/mol. The van der Waals surface area contributed by atoms with Crippen LogP contribution in [-0.4, -0.2) is 4.57 Å². The number of fused-ring (bicyclic) bond motifs is 3. The van der Waals surface area contributed by atoms with Crippen LogP contribution in [0.15, 0.2) is 174 Å². The third-order valence-corrected chi connectivity index (χ3v) is 9.20. The summed E-state index contributed by atoms with van der Waals surface area (Å²) in [6, 6.07) is 61.1. The Labute approximate surface area is 265 Å². The second kappa shape index (κ2) is 11.1. The molecule has 0 aliphatic heterocycles. The highest BCUT2D eigenvalue weighted by atomic mass is 79.9. The van der Waals surface area contributed by atoms with E-state index in [0.717, 1.165) is 4.47 Å². The molecule has 0 N–H and O–H groups in total. The summed E-state index contributed by atoms with van der Waals surface area (Å²) in [6.45, 7) is 0. The van der Waals surface area contributed by atoms with Gasteiger partial charge in [0.05, 0.1) is 16.7 Å². The van der Waals surface area contributed by atoms with Crippen LogP contribution in [0.2, 0.25) is 0 Å². The van der Waals surface area contributed by atoms with E-state index < -0.39 is 0 Å². The van der Waals surface area contributed by atoms with E-state index in [4.69, 9.17) is 0 Å². The van der Waals surface area contributed by atoms with Crippen molar-refractivity contribution in [2.45, 2.75) is 0 Å². The first kappa shape index (κ1) is 26.4. The predicted octanol–water partition coefficient (Wildman–Crippen LogP) is 12.2. The summed E-state index contributed by atoms with van der Waals surface area (Å²) >= 11 is 3.80. The number of halogens is 1. The van der Waals surface area contributed by atoms with Gasteiger partial charge in [-0.2, -0.15) is 0 Å². The Morgan fingerprint density at radius 3 is 1.55 bits per heavy atom. The van der Waals surface area contributed by atoms with Crippen molar-refractivity contribution in [2.24, 2.45) is 0 Å². The quantitative estimate of drug-likeness (QED) is 0.179. The lowest BCUT2D eigenvalue weighted by molar-refractivity contribution is 1.18. The first-order chi connectivity index (χ1) is 21.8. The molecule has 0 fully saturated rings. The van der Waals surface area contributed by atoms with Crippen LogP contribution in [0.5, 0.6) is 0 Å². The maximum atomic E-state index is 3.80. The van der Waals surface area contributed by atoms with Crippen molar-refractivity contribution in [3.8, 4) is 50.2 Å². The molecule has 1 nitrogen and oxygen atoms in total. The lowest BCUT2D eigenvalue weighted by Crippen LogP contribution is -2.00. The van der Waals surface area contributed by atoms with E-state index in [1.54, 1.807) is 0 Å². The zero-order valence-electron chi connectivity index (χ0n) is 24.0.